The van der Waals surface area contributed by atoms with Gasteiger partial charge in [0.05, 0.1) is 41.1 Å². The zero-order valence-corrected chi connectivity index (χ0v) is 28.3. The standard InChI is InChI=1S/C36H31N9O5S/c1-20(39-35(46)31-33(40-44-16-6-15-37-34(31)44)42-51(48,49)41-23-12-13-23)32-30-27-17-26(50-27)25-14-11-22(10-9-21-18-38-43(2)19-21)28(29(25)30)36(47)45(32)24-7-4-3-5-8-24/h3-8,11,14-16,18-20,23,26-27,41H,12-13,17H2,1-2H3,(H,39,46)(H,40,42)/t20-,26?,27?/m0/s1. The summed E-state index contributed by atoms with van der Waals surface area (Å²) in [6.45, 7) is 1.79. The number of ether oxygens (including phenoxy) is 1. The van der Waals surface area contributed by atoms with Gasteiger partial charge in [0.15, 0.2) is 11.5 Å². The maximum Gasteiger partial charge on any atom is 0.300 e. The van der Waals surface area contributed by atoms with Gasteiger partial charge in [-0.25, -0.2) is 9.50 Å². The van der Waals surface area contributed by atoms with Gasteiger partial charge in [-0.3, -0.25) is 23.6 Å². The number of nitrogens with zero attached hydrogens (tertiary/aromatic N) is 6. The lowest BCUT2D eigenvalue weighted by Gasteiger charge is -2.44. The van der Waals surface area contributed by atoms with Crippen LogP contribution < -0.4 is 20.3 Å². The molecule has 0 spiro atoms. The number of rotatable bonds is 8. The van der Waals surface area contributed by atoms with E-state index in [2.05, 4.69) is 41.8 Å². The number of para-hydroxylation sites is 1. The number of benzene rings is 2. The Labute approximate surface area is 291 Å². The number of aryl methyl sites for hydroxylation is 1. The Hall–Kier alpha value is -5.82. The molecule has 4 aromatic heterocycles. The predicted molar refractivity (Wildman–Crippen MR) is 187 cm³/mol. The van der Waals surface area contributed by atoms with Crippen LogP contribution in [0.2, 0.25) is 0 Å². The molecule has 51 heavy (non-hydrogen) atoms. The molecule has 0 radical (unpaired) electrons. The molecule has 2 aliphatic carbocycles. The molecule has 4 aliphatic rings. The average Bonchev–Trinajstić information content (AvgIpc) is 3.67. The number of fused-ring (bicyclic) bond motifs is 1. The highest BCUT2D eigenvalue weighted by Crippen LogP contribution is 2.55. The van der Waals surface area contributed by atoms with Crippen molar-refractivity contribution in [1.82, 2.24) is 39.0 Å². The van der Waals surface area contributed by atoms with Crippen LogP contribution in [-0.2, 0) is 22.0 Å². The number of hydrogen-bond donors (Lipinski definition) is 3. The second-order valence-corrected chi connectivity index (χ2v) is 14.5. The molecule has 1 saturated carbocycles. The van der Waals surface area contributed by atoms with E-state index in [-0.39, 0.29) is 40.8 Å². The van der Waals surface area contributed by atoms with Gasteiger partial charge in [-0.2, -0.15) is 18.2 Å². The molecule has 15 heteroatoms. The van der Waals surface area contributed by atoms with Crippen molar-refractivity contribution in [2.45, 2.75) is 50.5 Å². The highest BCUT2D eigenvalue weighted by atomic mass is 32.2. The number of anilines is 1. The third-order valence-electron chi connectivity index (χ3n) is 9.44. The molecule has 2 bridgehead atoms. The van der Waals surface area contributed by atoms with E-state index in [0.717, 1.165) is 41.3 Å². The number of hydrogen-bond acceptors (Lipinski definition) is 8. The highest BCUT2D eigenvalue weighted by molar-refractivity contribution is 7.90. The van der Waals surface area contributed by atoms with E-state index in [1.165, 1.54) is 10.7 Å². The van der Waals surface area contributed by atoms with Gasteiger partial charge in [0.1, 0.15) is 5.56 Å². The molecule has 3 atom stereocenters. The first-order valence-electron chi connectivity index (χ1n) is 16.6. The van der Waals surface area contributed by atoms with E-state index >= 15 is 0 Å². The van der Waals surface area contributed by atoms with Gasteiger partial charge >= 0.3 is 10.2 Å². The fourth-order valence-electron chi connectivity index (χ4n) is 7.03. The fourth-order valence-corrected chi connectivity index (χ4v) is 8.17. The molecule has 6 heterocycles. The summed E-state index contributed by atoms with van der Waals surface area (Å²) < 4.78 is 41.9. The topological polar surface area (TPSA) is 167 Å². The maximum absolute atomic E-state index is 14.9. The first-order valence-corrected chi connectivity index (χ1v) is 18.0. The third-order valence-corrected chi connectivity index (χ3v) is 10.5. The number of nitrogens with one attached hydrogen (secondary N) is 3. The smallest absolute Gasteiger partial charge is 0.300 e. The van der Waals surface area contributed by atoms with Crippen molar-refractivity contribution in [3.8, 4) is 17.5 Å². The van der Waals surface area contributed by atoms with Crippen LogP contribution in [0, 0.1) is 11.8 Å². The van der Waals surface area contributed by atoms with Crippen molar-refractivity contribution in [3.05, 3.63) is 117 Å². The summed E-state index contributed by atoms with van der Waals surface area (Å²) >= 11 is 0. The Morgan fingerprint density at radius 2 is 1.86 bits per heavy atom. The quantitative estimate of drug-likeness (QED) is 0.203. The molecule has 2 aromatic carbocycles. The summed E-state index contributed by atoms with van der Waals surface area (Å²) in [5.74, 6) is 5.58. The molecule has 10 rings (SSSR count). The first-order chi connectivity index (χ1) is 24.6. The second kappa shape index (κ2) is 11.6. The normalized spacial score (nSPS) is 18.2. The SMILES string of the molecule is C[C@H](NC(=O)c1c(NS(=O)(=O)NC2CC2)nn2cccnc12)c1c2c3c(ccc(C#Cc4cnn(C)c4)c3c(=O)n1-c1ccccc1)C1CC2O1. The minimum absolute atomic E-state index is 0.0553. The lowest BCUT2D eigenvalue weighted by Crippen LogP contribution is -2.39. The Morgan fingerprint density at radius 3 is 2.61 bits per heavy atom. The summed E-state index contributed by atoms with van der Waals surface area (Å²) in [5.41, 5.74) is 3.98. The molecule has 256 valence electrons. The van der Waals surface area contributed by atoms with Crippen LogP contribution >= 0.6 is 0 Å². The monoisotopic (exact) mass is 701 g/mol. The summed E-state index contributed by atoms with van der Waals surface area (Å²) in [7, 11) is -2.21. The second-order valence-electron chi connectivity index (χ2n) is 13.0. The van der Waals surface area contributed by atoms with E-state index in [9.17, 15) is 18.0 Å². The molecule has 1 amide bonds. The van der Waals surface area contributed by atoms with Crippen molar-refractivity contribution in [2.75, 3.05) is 4.72 Å². The average molecular weight is 702 g/mol. The van der Waals surface area contributed by atoms with Gasteiger partial charge in [-0.15, -0.1) is 5.10 Å². The lowest BCUT2D eigenvalue weighted by molar-refractivity contribution is -0.135. The van der Waals surface area contributed by atoms with Gasteiger partial charge in [-0.1, -0.05) is 36.1 Å². The number of aromatic nitrogens is 6. The third kappa shape index (κ3) is 5.35. The Balaban J connectivity index is 1.20. The van der Waals surface area contributed by atoms with E-state index < -0.39 is 22.2 Å². The maximum atomic E-state index is 14.9. The van der Waals surface area contributed by atoms with E-state index in [1.54, 1.807) is 34.6 Å². The summed E-state index contributed by atoms with van der Waals surface area (Å²) in [5, 5.41) is 12.9. The van der Waals surface area contributed by atoms with E-state index in [4.69, 9.17) is 4.74 Å². The number of pyridine rings is 1. The van der Waals surface area contributed by atoms with Crippen molar-refractivity contribution in [2.24, 2.45) is 7.05 Å². The minimum atomic E-state index is -4.03. The van der Waals surface area contributed by atoms with Crippen molar-refractivity contribution in [1.29, 1.82) is 0 Å². The Morgan fingerprint density at radius 1 is 1.06 bits per heavy atom. The van der Waals surface area contributed by atoms with Crippen molar-refractivity contribution >= 4 is 38.4 Å². The zero-order valence-electron chi connectivity index (χ0n) is 27.5. The zero-order chi connectivity index (χ0) is 35.0. The largest absolute Gasteiger partial charge is 0.365 e. The molecule has 2 aliphatic heterocycles. The molecular weight excluding hydrogens is 671 g/mol. The molecular formula is C36H31N9O5S. The van der Waals surface area contributed by atoms with Crippen LogP contribution in [0.1, 0.15) is 82.7 Å². The Kier molecular flexibility index (Phi) is 7.11. The van der Waals surface area contributed by atoms with Crippen LogP contribution in [0.15, 0.2) is 78.1 Å². The van der Waals surface area contributed by atoms with Crippen LogP contribution in [0.3, 0.4) is 0 Å². The molecule has 14 nitrogen and oxygen atoms in total. The summed E-state index contributed by atoms with van der Waals surface area (Å²) in [6.07, 6.45) is 8.29. The van der Waals surface area contributed by atoms with E-state index in [1.807, 2.05) is 55.7 Å². The lowest BCUT2D eigenvalue weighted by atomic mass is 9.78. The van der Waals surface area contributed by atoms with Gasteiger partial charge in [0.2, 0.25) is 0 Å². The van der Waals surface area contributed by atoms with Crippen molar-refractivity contribution in [3.63, 3.8) is 0 Å². The van der Waals surface area contributed by atoms with Crippen molar-refractivity contribution < 1.29 is 17.9 Å². The van der Waals surface area contributed by atoms with Crippen LogP contribution in [-0.4, -0.2) is 49.3 Å². The van der Waals surface area contributed by atoms with Gasteiger partial charge in [0.25, 0.3) is 11.5 Å². The van der Waals surface area contributed by atoms with Gasteiger partial charge in [0, 0.05) is 60.3 Å². The van der Waals surface area contributed by atoms with Crippen LogP contribution in [0.5, 0.6) is 0 Å². The Bertz CT molecular complexity index is 2640. The number of carbonyl (C=O) groups is 1. The fraction of sp³-hybridized carbons (Fsp3) is 0.250. The molecule has 2 unspecified atom stereocenters. The molecule has 6 aromatic rings. The number of amides is 1. The minimum Gasteiger partial charge on any atom is -0.365 e. The first kappa shape index (κ1) is 31.2. The molecule has 3 N–H and O–H groups in total. The summed E-state index contributed by atoms with van der Waals surface area (Å²) in [6, 6.07) is 13.8. The molecule has 2 fully saturated rings. The van der Waals surface area contributed by atoms with Crippen LogP contribution in [0.4, 0.5) is 5.82 Å². The van der Waals surface area contributed by atoms with E-state index in [0.29, 0.717) is 22.3 Å². The molecule has 1 saturated heterocycles. The van der Waals surface area contributed by atoms with Gasteiger partial charge < -0.3 is 10.1 Å². The number of carbonyl (C=O) groups excluding carboxylic acids is 1. The van der Waals surface area contributed by atoms with Gasteiger partial charge in [-0.05, 0) is 49.6 Å². The highest BCUT2D eigenvalue weighted by Gasteiger charge is 2.44. The predicted octanol–water partition coefficient (Wildman–Crippen LogP) is 3.58. The van der Waals surface area contributed by atoms with Crippen LogP contribution in [0.25, 0.3) is 22.1 Å². The summed E-state index contributed by atoms with van der Waals surface area (Å²) in [4.78, 5) is 33.5.